The number of rotatable bonds is 4. The minimum absolute atomic E-state index is 0.112. The number of benzene rings is 1. The molecule has 1 aromatic rings. The van der Waals surface area contributed by atoms with Gasteiger partial charge in [-0.05, 0) is 30.7 Å². The number of carboxylic acid groups (broad SMARTS) is 1. The van der Waals surface area contributed by atoms with Crippen LogP contribution in [-0.4, -0.2) is 23.7 Å². The summed E-state index contributed by atoms with van der Waals surface area (Å²) in [5.74, 6) is -1.36. The third kappa shape index (κ3) is 3.21. The first-order valence-corrected chi connectivity index (χ1v) is 4.49. The molecule has 0 aliphatic rings. The lowest BCUT2D eigenvalue weighted by Gasteiger charge is -2.10. The van der Waals surface area contributed by atoms with Gasteiger partial charge in [0, 0.05) is 12.2 Å². The molecule has 1 rings (SSSR count). The molecule has 0 saturated carbocycles. The number of carbonyl (C=O) groups is 1. The lowest BCUT2D eigenvalue weighted by atomic mass is 10.2. The van der Waals surface area contributed by atoms with Crippen LogP contribution in [0.15, 0.2) is 18.2 Å². The summed E-state index contributed by atoms with van der Waals surface area (Å²) in [6.07, 6.45) is 0. The predicted octanol–water partition coefficient (Wildman–Crippen LogP) is 0.958. The fraction of sp³-hybridized carbons (Fsp3) is 0.300. The Labute approximate surface area is 86.9 Å². The van der Waals surface area contributed by atoms with Gasteiger partial charge in [-0.2, -0.15) is 0 Å². The Morgan fingerprint density at radius 1 is 1.67 bits per heavy atom. The highest BCUT2D eigenvalue weighted by atomic mass is 19.1. The Morgan fingerprint density at radius 3 is 2.87 bits per heavy atom. The van der Waals surface area contributed by atoms with E-state index in [0.717, 1.165) is 0 Å². The van der Waals surface area contributed by atoms with E-state index in [4.69, 9.17) is 10.8 Å². The van der Waals surface area contributed by atoms with Crippen molar-refractivity contribution in [3.8, 4) is 0 Å². The molecular weight excluding hydrogens is 199 g/mol. The fourth-order valence-electron chi connectivity index (χ4n) is 1.07. The fourth-order valence-corrected chi connectivity index (χ4v) is 1.07. The van der Waals surface area contributed by atoms with E-state index in [9.17, 15) is 9.18 Å². The molecule has 0 heterocycles. The Bertz CT molecular complexity index is 368. The van der Waals surface area contributed by atoms with Crippen LogP contribution in [0.5, 0.6) is 0 Å². The van der Waals surface area contributed by atoms with Gasteiger partial charge in [0.2, 0.25) is 0 Å². The van der Waals surface area contributed by atoms with Crippen molar-refractivity contribution in [1.82, 2.24) is 0 Å². The molecule has 5 heteroatoms. The van der Waals surface area contributed by atoms with Gasteiger partial charge in [-0.3, -0.25) is 4.79 Å². The van der Waals surface area contributed by atoms with Gasteiger partial charge < -0.3 is 16.2 Å². The standard InChI is InChI=1S/C10H13FN2O2/c1-6-4-7(2-3-8(6)11)13-5-9(12)10(14)15/h2-4,9,13H,5,12H2,1H3,(H,14,15). The van der Waals surface area contributed by atoms with Crippen molar-refractivity contribution in [2.45, 2.75) is 13.0 Å². The van der Waals surface area contributed by atoms with E-state index < -0.39 is 12.0 Å². The van der Waals surface area contributed by atoms with Gasteiger partial charge in [0.1, 0.15) is 11.9 Å². The Morgan fingerprint density at radius 2 is 2.33 bits per heavy atom. The summed E-state index contributed by atoms with van der Waals surface area (Å²) in [4.78, 5) is 10.4. The molecule has 0 saturated heterocycles. The summed E-state index contributed by atoms with van der Waals surface area (Å²) in [6.45, 7) is 1.75. The van der Waals surface area contributed by atoms with Crippen molar-refractivity contribution in [2.24, 2.45) is 5.73 Å². The summed E-state index contributed by atoms with van der Waals surface area (Å²) in [7, 11) is 0. The highest BCUT2D eigenvalue weighted by Gasteiger charge is 2.10. The maximum absolute atomic E-state index is 12.9. The molecule has 0 bridgehead atoms. The predicted molar refractivity (Wildman–Crippen MR) is 55.2 cm³/mol. The molecule has 15 heavy (non-hydrogen) atoms. The number of nitrogens with two attached hydrogens (primary N) is 1. The zero-order valence-corrected chi connectivity index (χ0v) is 8.33. The van der Waals surface area contributed by atoms with Crippen molar-refractivity contribution >= 4 is 11.7 Å². The lowest BCUT2D eigenvalue weighted by Crippen LogP contribution is -2.36. The van der Waals surface area contributed by atoms with Crippen LogP contribution in [-0.2, 0) is 4.79 Å². The largest absolute Gasteiger partial charge is 0.480 e. The van der Waals surface area contributed by atoms with Crippen LogP contribution in [0.3, 0.4) is 0 Å². The maximum atomic E-state index is 12.9. The molecule has 0 fully saturated rings. The molecule has 1 atom stereocenters. The van der Waals surface area contributed by atoms with Gasteiger partial charge in [-0.1, -0.05) is 0 Å². The minimum Gasteiger partial charge on any atom is -0.480 e. The number of halogens is 1. The topological polar surface area (TPSA) is 75.3 Å². The molecule has 1 unspecified atom stereocenters. The van der Waals surface area contributed by atoms with Crippen LogP contribution >= 0.6 is 0 Å². The van der Waals surface area contributed by atoms with Gasteiger partial charge in [-0.15, -0.1) is 0 Å². The average molecular weight is 212 g/mol. The van der Waals surface area contributed by atoms with Crippen molar-refractivity contribution in [2.75, 3.05) is 11.9 Å². The monoisotopic (exact) mass is 212 g/mol. The third-order valence-corrected chi connectivity index (χ3v) is 2.00. The van der Waals surface area contributed by atoms with E-state index >= 15 is 0 Å². The number of aryl methyl sites for hydroxylation is 1. The van der Waals surface area contributed by atoms with Gasteiger partial charge in [0.25, 0.3) is 0 Å². The van der Waals surface area contributed by atoms with E-state index in [0.29, 0.717) is 11.3 Å². The Kier molecular flexibility index (Phi) is 3.62. The Balaban J connectivity index is 2.58. The van der Waals surface area contributed by atoms with E-state index in [1.54, 1.807) is 13.0 Å². The molecule has 4 nitrogen and oxygen atoms in total. The van der Waals surface area contributed by atoms with Crippen LogP contribution < -0.4 is 11.1 Å². The second-order valence-corrected chi connectivity index (χ2v) is 3.29. The van der Waals surface area contributed by atoms with E-state index in [-0.39, 0.29) is 12.4 Å². The zero-order valence-electron chi connectivity index (χ0n) is 8.33. The van der Waals surface area contributed by atoms with Crippen LogP contribution in [0.25, 0.3) is 0 Å². The van der Waals surface area contributed by atoms with Crippen molar-refractivity contribution < 1.29 is 14.3 Å². The van der Waals surface area contributed by atoms with Crippen LogP contribution in [0.2, 0.25) is 0 Å². The van der Waals surface area contributed by atoms with Crippen LogP contribution in [0, 0.1) is 12.7 Å². The number of anilines is 1. The summed E-state index contributed by atoms with van der Waals surface area (Å²) < 4.78 is 12.9. The molecule has 4 N–H and O–H groups in total. The zero-order chi connectivity index (χ0) is 11.4. The average Bonchev–Trinajstić information content (AvgIpc) is 2.19. The first-order valence-electron chi connectivity index (χ1n) is 4.49. The van der Waals surface area contributed by atoms with Crippen molar-refractivity contribution in [3.63, 3.8) is 0 Å². The maximum Gasteiger partial charge on any atom is 0.322 e. The van der Waals surface area contributed by atoms with E-state index in [1.807, 2.05) is 0 Å². The van der Waals surface area contributed by atoms with Gasteiger partial charge in [0.05, 0.1) is 0 Å². The van der Waals surface area contributed by atoms with Crippen LogP contribution in [0.4, 0.5) is 10.1 Å². The quantitative estimate of drug-likeness (QED) is 0.694. The van der Waals surface area contributed by atoms with Crippen molar-refractivity contribution in [3.05, 3.63) is 29.6 Å². The number of carboxylic acids is 1. The van der Waals surface area contributed by atoms with Gasteiger partial charge in [0.15, 0.2) is 0 Å². The summed E-state index contributed by atoms with van der Waals surface area (Å²) in [5, 5.41) is 11.4. The number of nitrogens with one attached hydrogen (secondary N) is 1. The lowest BCUT2D eigenvalue weighted by molar-refractivity contribution is -0.138. The molecular formula is C10H13FN2O2. The number of aliphatic carboxylic acids is 1. The summed E-state index contributed by atoms with van der Waals surface area (Å²) in [6, 6.07) is 3.50. The highest BCUT2D eigenvalue weighted by molar-refractivity contribution is 5.74. The van der Waals surface area contributed by atoms with E-state index in [1.165, 1.54) is 12.1 Å². The highest BCUT2D eigenvalue weighted by Crippen LogP contribution is 2.13. The second-order valence-electron chi connectivity index (χ2n) is 3.29. The van der Waals surface area contributed by atoms with Gasteiger partial charge in [-0.25, -0.2) is 4.39 Å². The summed E-state index contributed by atoms with van der Waals surface area (Å²) in [5.41, 5.74) is 6.46. The Hall–Kier alpha value is -1.62. The van der Waals surface area contributed by atoms with E-state index in [2.05, 4.69) is 5.32 Å². The first-order chi connectivity index (χ1) is 7.00. The first kappa shape index (κ1) is 11.5. The number of hydrogen-bond donors (Lipinski definition) is 3. The molecule has 0 aliphatic carbocycles. The molecule has 1 aromatic carbocycles. The SMILES string of the molecule is Cc1cc(NCC(N)C(=O)O)ccc1F. The second kappa shape index (κ2) is 4.75. The molecule has 0 spiro atoms. The summed E-state index contributed by atoms with van der Waals surface area (Å²) >= 11 is 0. The van der Waals surface area contributed by atoms with Crippen LogP contribution in [0.1, 0.15) is 5.56 Å². The molecule has 0 amide bonds. The minimum atomic E-state index is -1.07. The number of hydrogen-bond acceptors (Lipinski definition) is 3. The molecule has 0 aromatic heterocycles. The molecule has 0 radical (unpaired) electrons. The smallest absolute Gasteiger partial charge is 0.322 e. The normalized spacial score (nSPS) is 12.2. The van der Waals surface area contributed by atoms with Crippen molar-refractivity contribution in [1.29, 1.82) is 0 Å². The van der Waals surface area contributed by atoms with Gasteiger partial charge >= 0.3 is 5.97 Å². The molecule has 82 valence electrons. The molecule has 0 aliphatic heterocycles. The third-order valence-electron chi connectivity index (χ3n) is 2.00.